The average molecular weight is 264 g/mol. The summed E-state index contributed by atoms with van der Waals surface area (Å²) in [5, 5.41) is 3.17. The van der Waals surface area contributed by atoms with Gasteiger partial charge in [0.15, 0.2) is 0 Å². The van der Waals surface area contributed by atoms with Gasteiger partial charge in [-0.05, 0) is 42.7 Å². The van der Waals surface area contributed by atoms with Gasteiger partial charge in [0.1, 0.15) is 0 Å². The molecule has 0 radical (unpaired) electrons. The van der Waals surface area contributed by atoms with Crippen LogP contribution in [0, 0.1) is 13.8 Å². The summed E-state index contributed by atoms with van der Waals surface area (Å²) in [6.07, 6.45) is 0. The summed E-state index contributed by atoms with van der Waals surface area (Å²) in [5.74, 6) is 0. The van der Waals surface area contributed by atoms with Gasteiger partial charge in [-0.2, -0.15) is 0 Å². The molecule has 3 nitrogen and oxygen atoms in total. The number of aromatic amines is 1. The molecule has 100 valence electrons. The highest BCUT2D eigenvalue weighted by atomic mass is 16.1. The Morgan fingerprint density at radius 1 is 0.900 bits per heavy atom. The maximum atomic E-state index is 12.2. The molecule has 20 heavy (non-hydrogen) atoms. The van der Waals surface area contributed by atoms with Gasteiger partial charge in [-0.25, -0.2) is 4.68 Å². The minimum Gasteiger partial charge on any atom is -0.290 e. The Morgan fingerprint density at radius 2 is 1.55 bits per heavy atom. The van der Waals surface area contributed by atoms with E-state index in [1.807, 2.05) is 56.3 Å². The molecule has 1 heterocycles. The zero-order chi connectivity index (χ0) is 14.1. The highest BCUT2D eigenvalue weighted by Gasteiger charge is 2.07. The van der Waals surface area contributed by atoms with Gasteiger partial charge in [0.05, 0.1) is 11.4 Å². The molecule has 3 rings (SSSR count). The Labute approximate surface area is 117 Å². The Kier molecular flexibility index (Phi) is 3.03. The maximum absolute atomic E-state index is 12.2. The minimum absolute atomic E-state index is 0.0474. The van der Waals surface area contributed by atoms with E-state index in [2.05, 4.69) is 11.2 Å². The van der Waals surface area contributed by atoms with Crippen LogP contribution < -0.4 is 5.56 Å². The molecule has 0 aliphatic heterocycles. The van der Waals surface area contributed by atoms with E-state index in [9.17, 15) is 4.79 Å². The van der Waals surface area contributed by atoms with Crippen LogP contribution in [0.3, 0.4) is 0 Å². The second kappa shape index (κ2) is 4.85. The molecular formula is C17H16N2O. The van der Waals surface area contributed by atoms with Crippen LogP contribution in [0.4, 0.5) is 0 Å². The second-order valence-electron chi connectivity index (χ2n) is 5.06. The van der Waals surface area contributed by atoms with Crippen molar-refractivity contribution in [1.82, 2.24) is 9.78 Å². The summed E-state index contributed by atoms with van der Waals surface area (Å²) in [4.78, 5) is 12.2. The number of hydrogen-bond donors (Lipinski definition) is 1. The van der Waals surface area contributed by atoms with Gasteiger partial charge in [0.25, 0.3) is 5.56 Å². The number of benzene rings is 2. The lowest BCUT2D eigenvalue weighted by atomic mass is 10.1. The van der Waals surface area contributed by atoms with Gasteiger partial charge >= 0.3 is 0 Å². The minimum atomic E-state index is -0.0474. The predicted octanol–water partition coefficient (Wildman–Crippen LogP) is 3.45. The van der Waals surface area contributed by atoms with Crippen LogP contribution in [0.15, 0.2) is 59.4 Å². The van der Waals surface area contributed by atoms with Gasteiger partial charge in [-0.15, -0.1) is 0 Å². The highest BCUT2D eigenvalue weighted by Crippen LogP contribution is 2.17. The molecule has 0 aliphatic rings. The quantitative estimate of drug-likeness (QED) is 0.756. The van der Waals surface area contributed by atoms with E-state index in [0.717, 1.165) is 28.1 Å². The van der Waals surface area contributed by atoms with E-state index in [-0.39, 0.29) is 5.56 Å². The fourth-order valence-electron chi connectivity index (χ4n) is 2.43. The second-order valence-corrected chi connectivity index (χ2v) is 5.06. The first-order chi connectivity index (χ1) is 9.63. The van der Waals surface area contributed by atoms with Crippen molar-refractivity contribution in [3.05, 3.63) is 76.1 Å². The molecule has 0 bridgehead atoms. The van der Waals surface area contributed by atoms with Crippen molar-refractivity contribution < 1.29 is 0 Å². The van der Waals surface area contributed by atoms with Crippen LogP contribution in [0.5, 0.6) is 0 Å². The largest absolute Gasteiger partial charge is 0.290 e. The van der Waals surface area contributed by atoms with Crippen molar-refractivity contribution >= 4 is 0 Å². The van der Waals surface area contributed by atoms with Gasteiger partial charge in [0, 0.05) is 6.07 Å². The van der Waals surface area contributed by atoms with Crippen LogP contribution in [-0.2, 0) is 0 Å². The number of nitrogens with zero attached hydrogens (tertiary/aromatic N) is 1. The standard InChI is InChI=1S/C17H16N2O/c1-12-8-13(2)10-15(9-12)19-17(20)11-16(18-19)14-6-4-3-5-7-14/h3-11,18H,1-2H3. The van der Waals surface area contributed by atoms with Gasteiger partial charge in [0.2, 0.25) is 0 Å². The number of hydrogen-bond acceptors (Lipinski definition) is 1. The normalized spacial score (nSPS) is 10.7. The lowest BCUT2D eigenvalue weighted by molar-refractivity contribution is 0.850. The first-order valence-corrected chi connectivity index (χ1v) is 6.60. The van der Waals surface area contributed by atoms with Gasteiger partial charge in [-0.1, -0.05) is 36.4 Å². The molecule has 2 aromatic carbocycles. The Morgan fingerprint density at radius 3 is 2.20 bits per heavy atom. The zero-order valence-corrected chi connectivity index (χ0v) is 11.6. The number of aromatic nitrogens is 2. The predicted molar refractivity (Wildman–Crippen MR) is 81.3 cm³/mol. The molecule has 0 spiro atoms. The summed E-state index contributed by atoms with van der Waals surface area (Å²) in [7, 11) is 0. The number of nitrogens with one attached hydrogen (secondary N) is 1. The third-order valence-corrected chi connectivity index (χ3v) is 3.27. The number of H-pyrrole nitrogens is 1. The van der Waals surface area contributed by atoms with Crippen molar-refractivity contribution in [1.29, 1.82) is 0 Å². The SMILES string of the molecule is Cc1cc(C)cc(-n2[nH]c(-c3ccccc3)cc2=O)c1. The van der Waals surface area contributed by atoms with Crippen molar-refractivity contribution in [3.63, 3.8) is 0 Å². The number of rotatable bonds is 2. The van der Waals surface area contributed by atoms with Crippen LogP contribution in [-0.4, -0.2) is 9.78 Å². The molecule has 3 aromatic rings. The zero-order valence-electron chi connectivity index (χ0n) is 11.6. The fraction of sp³-hybridized carbons (Fsp3) is 0.118. The fourth-order valence-corrected chi connectivity index (χ4v) is 2.43. The van der Waals surface area contributed by atoms with Gasteiger partial charge < -0.3 is 0 Å². The first kappa shape index (κ1) is 12.5. The monoisotopic (exact) mass is 264 g/mol. The molecule has 0 saturated carbocycles. The van der Waals surface area contributed by atoms with Crippen molar-refractivity contribution in [3.8, 4) is 16.9 Å². The molecule has 0 amide bonds. The van der Waals surface area contributed by atoms with Crippen molar-refractivity contribution in [2.45, 2.75) is 13.8 Å². The Bertz CT molecular complexity index is 777. The third-order valence-electron chi connectivity index (χ3n) is 3.27. The Hall–Kier alpha value is -2.55. The van der Waals surface area contributed by atoms with Crippen LogP contribution >= 0.6 is 0 Å². The summed E-state index contributed by atoms with van der Waals surface area (Å²) in [6, 6.07) is 17.6. The van der Waals surface area contributed by atoms with E-state index < -0.39 is 0 Å². The summed E-state index contributed by atoms with van der Waals surface area (Å²) < 4.78 is 1.59. The summed E-state index contributed by atoms with van der Waals surface area (Å²) >= 11 is 0. The molecular weight excluding hydrogens is 248 g/mol. The highest BCUT2D eigenvalue weighted by molar-refractivity contribution is 5.58. The van der Waals surface area contributed by atoms with Crippen molar-refractivity contribution in [2.75, 3.05) is 0 Å². The first-order valence-electron chi connectivity index (χ1n) is 6.60. The molecule has 3 heteroatoms. The molecule has 0 aliphatic carbocycles. The number of aryl methyl sites for hydroxylation is 2. The Balaban J connectivity index is 2.12. The van der Waals surface area contributed by atoms with E-state index >= 15 is 0 Å². The molecule has 0 fully saturated rings. The third kappa shape index (κ3) is 2.30. The lowest BCUT2D eigenvalue weighted by Crippen LogP contribution is -2.13. The summed E-state index contributed by atoms with van der Waals surface area (Å²) in [6.45, 7) is 4.06. The van der Waals surface area contributed by atoms with Crippen LogP contribution in [0.1, 0.15) is 11.1 Å². The van der Waals surface area contributed by atoms with Crippen LogP contribution in [0.25, 0.3) is 16.9 Å². The van der Waals surface area contributed by atoms with E-state index in [4.69, 9.17) is 0 Å². The lowest BCUT2D eigenvalue weighted by Gasteiger charge is -2.05. The topological polar surface area (TPSA) is 37.8 Å². The van der Waals surface area contributed by atoms with E-state index in [1.54, 1.807) is 10.7 Å². The smallest absolute Gasteiger partial charge is 0.271 e. The van der Waals surface area contributed by atoms with E-state index in [0.29, 0.717) is 0 Å². The average Bonchev–Trinajstić information content (AvgIpc) is 2.81. The van der Waals surface area contributed by atoms with Crippen LogP contribution in [0.2, 0.25) is 0 Å². The molecule has 1 aromatic heterocycles. The van der Waals surface area contributed by atoms with E-state index in [1.165, 1.54) is 0 Å². The molecule has 0 atom stereocenters. The van der Waals surface area contributed by atoms with Gasteiger partial charge in [-0.3, -0.25) is 9.89 Å². The van der Waals surface area contributed by atoms with Crippen molar-refractivity contribution in [2.24, 2.45) is 0 Å². The maximum Gasteiger partial charge on any atom is 0.271 e. The summed E-state index contributed by atoms with van der Waals surface area (Å²) in [5.41, 5.74) is 4.94. The molecule has 1 N–H and O–H groups in total. The molecule has 0 unspecified atom stereocenters. The molecule has 0 saturated heterocycles.